The van der Waals surface area contributed by atoms with Crippen LogP contribution in [0.15, 0.2) is 29.2 Å². The molecule has 112 valence electrons. The predicted octanol–water partition coefficient (Wildman–Crippen LogP) is 0.954. The number of aromatic nitrogens is 3. The van der Waals surface area contributed by atoms with E-state index in [1.165, 1.54) is 12.8 Å². The lowest BCUT2D eigenvalue weighted by molar-refractivity contribution is 0.141. The molecule has 1 atom stereocenters. The van der Waals surface area contributed by atoms with Gasteiger partial charge in [-0.05, 0) is 37.3 Å². The van der Waals surface area contributed by atoms with Crippen LogP contribution in [0.5, 0.6) is 0 Å². The summed E-state index contributed by atoms with van der Waals surface area (Å²) in [4.78, 5) is 14.8. The first-order valence-corrected chi connectivity index (χ1v) is 7.67. The number of hydrogen-bond donors (Lipinski definition) is 0. The Morgan fingerprint density at radius 3 is 2.95 bits per heavy atom. The van der Waals surface area contributed by atoms with Crippen LogP contribution in [0, 0.1) is 5.92 Å². The molecule has 0 unspecified atom stereocenters. The van der Waals surface area contributed by atoms with Crippen LogP contribution in [-0.2, 0) is 11.4 Å². The van der Waals surface area contributed by atoms with Crippen molar-refractivity contribution in [2.24, 2.45) is 5.92 Å². The Kier molecular flexibility index (Phi) is 3.27. The Morgan fingerprint density at radius 2 is 2.24 bits per heavy atom. The number of hydrogen-bond acceptors (Lipinski definition) is 4. The highest BCUT2D eigenvalue weighted by molar-refractivity contribution is 5.35. The first-order chi connectivity index (χ1) is 10.3. The molecule has 1 aliphatic carbocycles. The summed E-state index contributed by atoms with van der Waals surface area (Å²) in [6.45, 7) is 3.31. The van der Waals surface area contributed by atoms with Crippen molar-refractivity contribution < 1.29 is 4.74 Å². The highest BCUT2D eigenvalue weighted by Crippen LogP contribution is 2.29. The number of nitrogens with zero attached hydrogens (tertiary/aromatic N) is 4. The van der Waals surface area contributed by atoms with Gasteiger partial charge in [0, 0.05) is 25.4 Å². The van der Waals surface area contributed by atoms with Gasteiger partial charge in [0.1, 0.15) is 0 Å². The van der Waals surface area contributed by atoms with Crippen molar-refractivity contribution in [3.8, 4) is 0 Å². The van der Waals surface area contributed by atoms with Crippen LogP contribution < -0.4 is 5.69 Å². The van der Waals surface area contributed by atoms with Gasteiger partial charge in [0.05, 0.1) is 13.3 Å². The molecule has 6 heteroatoms. The summed E-state index contributed by atoms with van der Waals surface area (Å²) in [6.07, 6.45) is 5.36. The first-order valence-electron chi connectivity index (χ1n) is 7.67. The van der Waals surface area contributed by atoms with Crippen LogP contribution in [0.25, 0.3) is 5.65 Å². The Morgan fingerprint density at radius 1 is 1.33 bits per heavy atom. The molecular weight excluding hydrogens is 268 g/mol. The molecule has 1 saturated carbocycles. The molecule has 6 nitrogen and oxygen atoms in total. The molecule has 0 spiro atoms. The monoisotopic (exact) mass is 288 g/mol. The lowest BCUT2D eigenvalue weighted by Crippen LogP contribution is -2.37. The van der Waals surface area contributed by atoms with Gasteiger partial charge >= 0.3 is 5.69 Å². The quantitative estimate of drug-likeness (QED) is 0.822. The molecular formula is C15H20N4O2. The first kappa shape index (κ1) is 13.0. The molecule has 2 aliphatic rings. The predicted molar refractivity (Wildman–Crippen MR) is 78.1 cm³/mol. The molecule has 0 bridgehead atoms. The SMILES string of the molecule is O=c1n(CN(C[C@H]2CCOC2)C2CC2)nc2ccccn12. The number of rotatable bonds is 5. The van der Waals surface area contributed by atoms with E-state index >= 15 is 0 Å². The summed E-state index contributed by atoms with van der Waals surface area (Å²) in [5.41, 5.74) is 0.654. The second-order valence-corrected chi connectivity index (χ2v) is 6.08. The van der Waals surface area contributed by atoms with Crippen molar-refractivity contribution in [1.29, 1.82) is 0 Å². The summed E-state index contributed by atoms with van der Waals surface area (Å²) >= 11 is 0. The van der Waals surface area contributed by atoms with E-state index in [4.69, 9.17) is 4.74 Å². The van der Waals surface area contributed by atoms with Gasteiger partial charge in [-0.25, -0.2) is 4.79 Å². The third kappa shape index (κ3) is 2.61. The van der Waals surface area contributed by atoms with Gasteiger partial charge in [-0.2, -0.15) is 4.68 Å². The van der Waals surface area contributed by atoms with Crippen LogP contribution in [0.1, 0.15) is 19.3 Å². The molecule has 0 radical (unpaired) electrons. The largest absolute Gasteiger partial charge is 0.381 e. The van der Waals surface area contributed by atoms with Crippen LogP contribution in [0.2, 0.25) is 0 Å². The van der Waals surface area contributed by atoms with Crippen molar-refractivity contribution in [2.75, 3.05) is 19.8 Å². The standard InChI is InChI=1S/C15H20N4O2/c20-15-18-7-2-1-3-14(18)16-19(15)11-17(13-4-5-13)9-12-6-8-21-10-12/h1-3,7,12-13H,4-6,8-11H2/t12-/m1/s1. The van der Waals surface area contributed by atoms with E-state index in [2.05, 4.69) is 10.00 Å². The number of ether oxygens (including phenoxy) is 1. The minimum absolute atomic E-state index is 0.0566. The molecule has 0 amide bonds. The van der Waals surface area contributed by atoms with E-state index in [-0.39, 0.29) is 5.69 Å². The third-order valence-electron chi connectivity index (χ3n) is 4.38. The molecule has 2 fully saturated rings. The van der Waals surface area contributed by atoms with Gasteiger partial charge in [-0.1, -0.05) is 6.07 Å². The van der Waals surface area contributed by atoms with E-state index in [9.17, 15) is 4.79 Å². The zero-order valence-electron chi connectivity index (χ0n) is 12.0. The Balaban J connectivity index is 1.56. The third-order valence-corrected chi connectivity index (χ3v) is 4.38. The molecule has 4 rings (SSSR count). The topological polar surface area (TPSA) is 51.8 Å². The van der Waals surface area contributed by atoms with E-state index in [1.807, 2.05) is 18.2 Å². The lowest BCUT2D eigenvalue weighted by atomic mass is 10.1. The minimum atomic E-state index is -0.0566. The molecule has 3 heterocycles. The van der Waals surface area contributed by atoms with Crippen molar-refractivity contribution in [3.05, 3.63) is 34.9 Å². The maximum absolute atomic E-state index is 12.4. The fourth-order valence-electron chi connectivity index (χ4n) is 3.05. The average Bonchev–Trinajstić information content (AvgIpc) is 3.14. The molecule has 1 aliphatic heterocycles. The van der Waals surface area contributed by atoms with Gasteiger partial charge in [0.2, 0.25) is 0 Å². The number of pyridine rings is 1. The summed E-state index contributed by atoms with van der Waals surface area (Å²) in [5, 5.41) is 4.43. The summed E-state index contributed by atoms with van der Waals surface area (Å²) in [6, 6.07) is 6.24. The summed E-state index contributed by atoms with van der Waals surface area (Å²) in [7, 11) is 0. The van der Waals surface area contributed by atoms with Crippen LogP contribution in [0.4, 0.5) is 0 Å². The molecule has 1 saturated heterocycles. The second kappa shape index (κ2) is 5.27. The van der Waals surface area contributed by atoms with Gasteiger partial charge in [0.15, 0.2) is 5.65 Å². The fraction of sp³-hybridized carbons (Fsp3) is 0.600. The average molecular weight is 288 g/mol. The van der Waals surface area contributed by atoms with Gasteiger partial charge < -0.3 is 4.74 Å². The summed E-state index contributed by atoms with van der Waals surface area (Å²) in [5.74, 6) is 0.596. The van der Waals surface area contributed by atoms with Crippen molar-refractivity contribution in [1.82, 2.24) is 19.1 Å². The zero-order chi connectivity index (χ0) is 14.2. The number of fused-ring (bicyclic) bond motifs is 1. The highest BCUT2D eigenvalue weighted by atomic mass is 16.5. The summed E-state index contributed by atoms with van der Waals surface area (Å²) < 4.78 is 8.65. The molecule has 21 heavy (non-hydrogen) atoms. The van der Waals surface area contributed by atoms with Gasteiger partial charge in [0.25, 0.3) is 0 Å². The smallest absolute Gasteiger partial charge is 0.351 e. The van der Waals surface area contributed by atoms with Crippen LogP contribution >= 0.6 is 0 Å². The second-order valence-electron chi connectivity index (χ2n) is 6.08. The highest BCUT2D eigenvalue weighted by Gasteiger charge is 2.32. The van der Waals surface area contributed by atoms with E-state index in [0.717, 1.165) is 26.2 Å². The van der Waals surface area contributed by atoms with Gasteiger partial charge in [-0.15, -0.1) is 5.10 Å². The van der Waals surface area contributed by atoms with Crippen LogP contribution in [0.3, 0.4) is 0 Å². The van der Waals surface area contributed by atoms with Crippen molar-refractivity contribution in [3.63, 3.8) is 0 Å². The maximum Gasteiger partial charge on any atom is 0.351 e. The van der Waals surface area contributed by atoms with Crippen molar-refractivity contribution >= 4 is 5.65 Å². The molecule has 0 N–H and O–H groups in total. The lowest BCUT2D eigenvalue weighted by Gasteiger charge is -2.24. The van der Waals surface area contributed by atoms with Crippen LogP contribution in [-0.4, -0.2) is 44.9 Å². The molecule has 2 aromatic heterocycles. The maximum atomic E-state index is 12.4. The van der Waals surface area contributed by atoms with E-state index < -0.39 is 0 Å². The molecule has 0 aromatic carbocycles. The fourth-order valence-corrected chi connectivity index (χ4v) is 3.05. The van der Waals surface area contributed by atoms with Crippen molar-refractivity contribution in [2.45, 2.75) is 32.0 Å². The normalized spacial score (nSPS) is 22.4. The van der Waals surface area contributed by atoms with Gasteiger partial charge in [-0.3, -0.25) is 9.30 Å². The van der Waals surface area contributed by atoms with E-state index in [0.29, 0.717) is 24.3 Å². The zero-order valence-corrected chi connectivity index (χ0v) is 12.0. The van der Waals surface area contributed by atoms with E-state index in [1.54, 1.807) is 15.3 Å². The minimum Gasteiger partial charge on any atom is -0.381 e. The molecule has 2 aromatic rings. The Hall–Kier alpha value is -1.66. The Labute approximate surface area is 122 Å². The Bertz CT molecular complexity index is 682.